The van der Waals surface area contributed by atoms with Crippen molar-refractivity contribution in [2.75, 3.05) is 54.1 Å². The molecule has 0 fully saturated rings. The number of halogens is 1. The van der Waals surface area contributed by atoms with Crippen molar-refractivity contribution in [2.45, 2.75) is 207 Å². The normalized spacial score (nSPS) is 13.4. The number of likely N-dealkylation sites (N-methyl/N-ethyl adjacent to an activating group) is 1. The van der Waals surface area contributed by atoms with Crippen LogP contribution in [-0.4, -0.2) is 76.6 Å². The number of unbranched alkanes of at least 4 members (excludes halogenated alkanes) is 23. The lowest BCUT2D eigenvalue weighted by Gasteiger charge is -2.25. The van der Waals surface area contributed by atoms with Gasteiger partial charge in [-0.15, -0.1) is 0 Å². The number of phosphoric ester groups is 1. The predicted octanol–water partition coefficient (Wildman–Crippen LogP) is 9.85. The molecule has 0 spiro atoms. The maximum atomic E-state index is 13.3. The van der Waals surface area contributed by atoms with Gasteiger partial charge in [-0.25, -0.2) is 4.57 Å². The molecule has 0 aromatic carbocycles. The number of phosphoric acid groups is 1. The van der Waals surface area contributed by atoms with Gasteiger partial charge in [0, 0.05) is 12.8 Å². The standard InChI is InChI=1S/C44H87NO8P.ClH/c1-7-10-12-14-16-18-20-22-23-25-27-29-31-33-35-37-44(47)53-42(41-52-54(48,50-9-3)51-39-38-45(4,5)6)40-49-43(46)36-34-32-30-28-26-24-21-19-17-15-13-11-8-2;/h22-23,42H,7-21,24-41H2,1-6H3;1H/q+1;/p-1/b23-22-;/t42-,54?;/m1./s1. The van der Waals surface area contributed by atoms with E-state index in [9.17, 15) is 14.2 Å². The molecule has 0 aliphatic heterocycles. The summed E-state index contributed by atoms with van der Waals surface area (Å²) in [7, 11) is 2.13. The van der Waals surface area contributed by atoms with E-state index in [1.807, 2.05) is 21.1 Å². The first-order valence-corrected chi connectivity index (χ1v) is 23.9. The predicted molar refractivity (Wildman–Crippen MR) is 225 cm³/mol. The Hall–Kier alpha value is -0.960. The molecule has 0 radical (unpaired) electrons. The van der Waals surface area contributed by atoms with Crippen molar-refractivity contribution in [3.05, 3.63) is 12.2 Å². The van der Waals surface area contributed by atoms with Crippen LogP contribution in [0.15, 0.2) is 12.2 Å². The van der Waals surface area contributed by atoms with Crippen molar-refractivity contribution < 1.29 is 54.1 Å². The van der Waals surface area contributed by atoms with E-state index < -0.39 is 13.9 Å². The van der Waals surface area contributed by atoms with Crippen LogP contribution in [0.3, 0.4) is 0 Å². The third-order valence-electron chi connectivity index (χ3n) is 9.57. The van der Waals surface area contributed by atoms with Crippen LogP contribution < -0.4 is 12.4 Å². The molecular formula is C44H87ClNO8P. The van der Waals surface area contributed by atoms with E-state index in [2.05, 4.69) is 26.0 Å². The van der Waals surface area contributed by atoms with Crippen molar-refractivity contribution >= 4 is 19.8 Å². The number of quaternary nitrogens is 1. The molecule has 55 heavy (non-hydrogen) atoms. The van der Waals surface area contributed by atoms with Gasteiger partial charge in [-0.05, 0) is 45.4 Å². The zero-order valence-corrected chi connectivity index (χ0v) is 38.3. The summed E-state index contributed by atoms with van der Waals surface area (Å²) >= 11 is 0. The van der Waals surface area contributed by atoms with Crippen molar-refractivity contribution in [1.82, 2.24) is 0 Å². The number of carbonyl (C=O) groups is 2. The van der Waals surface area contributed by atoms with Crippen LogP contribution in [0, 0.1) is 0 Å². The molecule has 0 saturated heterocycles. The summed E-state index contributed by atoms with van der Waals surface area (Å²) in [6.07, 6.45) is 35.8. The van der Waals surface area contributed by atoms with Gasteiger partial charge in [-0.1, -0.05) is 154 Å². The van der Waals surface area contributed by atoms with Gasteiger partial charge in [0.05, 0.1) is 34.4 Å². The molecule has 0 heterocycles. The summed E-state index contributed by atoms with van der Waals surface area (Å²) in [6.45, 7) is 6.71. The molecule has 0 bridgehead atoms. The summed E-state index contributed by atoms with van der Waals surface area (Å²) in [5, 5.41) is 0. The van der Waals surface area contributed by atoms with Gasteiger partial charge >= 0.3 is 19.8 Å². The average molecular weight is 825 g/mol. The van der Waals surface area contributed by atoms with E-state index >= 15 is 0 Å². The largest absolute Gasteiger partial charge is 1.00 e. The van der Waals surface area contributed by atoms with E-state index in [-0.39, 0.29) is 57.2 Å². The molecule has 0 aromatic heterocycles. The lowest BCUT2D eigenvalue weighted by atomic mass is 10.0. The van der Waals surface area contributed by atoms with Crippen molar-refractivity contribution in [3.63, 3.8) is 0 Å². The van der Waals surface area contributed by atoms with Crippen LogP contribution in [0.4, 0.5) is 0 Å². The van der Waals surface area contributed by atoms with Crippen LogP contribution in [0.1, 0.15) is 201 Å². The number of carbonyl (C=O) groups excluding carboxylic acids is 2. The van der Waals surface area contributed by atoms with Crippen molar-refractivity contribution in [3.8, 4) is 0 Å². The highest BCUT2D eigenvalue weighted by Crippen LogP contribution is 2.49. The molecular weight excluding hydrogens is 737 g/mol. The minimum Gasteiger partial charge on any atom is -1.00 e. The topological polar surface area (TPSA) is 97.4 Å². The molecule has 0 saturated carbocycles. The lowest BCUT2D eigenvalue weighted by molar-refractivity contribution is -0.870. The van der Waals surface area contributed by atoms with Gasteiger partial charge in [0.15, 0.2) is 6.10 Å². The van der Waals surface area contributed by atoms with Crippen LogP contribution >= 0.6 is 7.82 Å². The fourth-order valence-corrected chi connectivity index (χ4v) is 7.31. The van der Waals surface area contributed by atoms with Crippen molar-refractivity contribution in [1.29, 1.82) is 0 Å². The first-order valence-electron chi connectivity index (χ1n) is 22.4. The Kier molecular flexibility index (Phi) is 40.7. The number of hydrogen-bond donors (Lipinski definition) is 0. The van der Waals surface area contributed by atoms with Gasteiger partial charge in [-0.2, -0.15) is 0 Å². The Morgan fingerprint density at radius 3 is 1.40 bits per heavy atom. The highest BCUT2D eigenvalue weighted by molar-refractivity contribution is 7.48. The van der Waals surface area contributed by atoms with Crippen LogP contribution in [0.5, 0.6) is 0 Å². The third kappa shape index (κ3) is 41.0. The van der Waals surface area contributed by atoms with Gasteiger partial charge in [0.25, 0.3) is 0 Å². The van der Waals surface area contributed by atoms with Crippen LogP contribution in [0.2, 0.25) is 0 Å². The van der Waals surface area contributed by atoms with E-state index in [1.54, 1.807) is 6.92 Å². The van der Waals surface area contributed by atoms with Gasteiger partial charge < -0.3 is 26.4 Å². The first-order chi connectivity index (χ1) is 26.0. The molecule has 2 atom stereocenters. The number of allylic oxidation sites excluding steroid dienone is 2. The highest BCUT2D eigenvalue weighted by Gasteiger charge is 2.30. The second-order valence-corrected chi connectivity index (χ2v) is 17.8. The van der Waals surface area contributed by atoms with Gasteiger partial charge in [0.2, 0.25) is 0 Å². The zero-order chi connectivity index (χ0) is 40.0. The number of esters is 2. The Morgan fingerprint density at radius 2 is 0.964 bits per heavy atom. The van der Waals surface area contributed by atoms with Crippen LogP contribution in [-0.2, 0) is 37.2 Å². The minimum atomic E-state index is -3.89. The van der Waals surface area contributed by atoms with Crippen molar-refractivity contribution in [2.24, 2.45) is 0 Å². The Labute approximate surface area is 345 Å². The fraction of sp³-hybridized carbons (Fsp3) is 0.909. The maximum Gasteiger partial charge on any atom is 0.475 e. The quantitative estimate of drug-likeness (QED) is 0.0198. The molecule has 0 amide bonds. The van der Waals surface area contributed by atoms with E-state index in [0.717, 1.165) is 57.8 Å². The lowest BCUT2D eigenvalue weighted by Crippen LogP contribution is -3.00. The Balaban J connectivity index is 0. The van der Waals surface area contributed by atoms with Gasteiger partial charge in [0.1, 0.15) is 19.8 Å². The summed E-state index contributed by atoms with van der Waals surface area (Å²) in [6, 6.07) is 0. The second kappa shape index (κ2) is 39.8. The Morgan fingerprint density at radius 1 is 0.545 bits per heavy atom. The number of ether oxygens (including phenoxy) is 2. The van der Waals surface area contributed by atoms with E-state index in [0.29, 0.717) is 17.4 Å². The van der Waals surface area contributed by atoms with Crippen LogP contribution in [0.25, 0.3) is 0 Å². The summed E-state index contributed by atoms with van der Waals surface area (Å²) in [4.78, 5) is 25.4. The number of hydrogen-bond acceptors (Lipinski definition) is 8. The third-order valence-corrected chi connectivity index (χ3v) is 11.1. The molecule has 328 valence electrons. The molecule has 0 aliphatic rings. The summed E-state index contributed by atoms with van der Waals surface area (Å²) in [5.41, 5.74) is 0. The summed E-state index contributed by atoms with van der Waals surface area (Å²) in [5.74, 6) is -0.713. The maximum absolute atomic E-state index is 13.3. The van der Waals surface area contributed by atoms with E-state index in [1.165, 1.54) is 109 Å². The first kappa shape index (κ1) is 56.1. The molecule has 0 rings (SSSR count). The minimum absolute atomic E-state index is 0. The molecule has 0 N–H and O–H groups in total. The summed E-state index contributed by atoms with van der Waals surface area (Å²) < 4.78 is 41.7. The average Bonchev–Trinajstić information content (AvgIpc) is 3.12. The molecule has 11 heteroatoms. The van der Waals surface area contributed by atoms with Gasteiger partial charge in [-0.3, -0.25) is 23.2 Å². The number of nitrogens with zero attached hydrogens (tertiary/aromatic N) is 1. The SMILES string of the molecule is CCCCCCCC/C=C\CCCCCCCC(=O)O[C@H](COC(=O)CCCCCCCCCCCCCCC)COP(=O)(OCC)OCC[N+](C)(C)C.[Cl-]. The zero-order valence-electron chi connectivity index (χ0n) is 36.6. The molecule has 0 aromatic rings. The monoisotopic (exact) mass is 824 g/mol. The fourth-order valence-electron chi connectivity index (χ4n) is 6.12. The molecule has 9 nitrogen and oxygen atoms in total. The second-order valence-electron chi connectivity index (χ2n) is 16.1. The molecule has 1 unspecified atom stereocenters. The highest BCUT2D eigenvalue weighted by atomic mass is 35.5. The Bertz CT molecular complexity index is 945. The molecule has 0 aliphatic carbocycles. The number of rotatable bonds is 41. The smallest absolute Gasteiger partial charge is 0.475 e. The van der Waals surface area contributed by atoms with E-state index in [4.69, 9.17) is 23.0 Å².